The molecule has 0 bridgehead atoms. The first-order valence-corrected chi connectivity index (χ1v) is 8.60. The lowest BCUT2D eigenvalue weighted by molar-refractivity contribution is -0.119. The Morgan fingerprint density at radius 2 is 1.55 bits per heavy atom. The van der Waals surface area contributed by atoms with Crippen LogP contribution in [0.1, 0.15) is 40.0 Å². The predicted octanol–water partition coefficient (Wildman–Crippen LogP) is -0.518. The molecule has 7 nitrogen and oxygen atoms in total. The third kappa shape index (κ3) is 10.8. The number of rotatable bonds is 9. The van der Waals surface area contributed by atoms with E-state index in [0.717, 1.165) is 25.9 Å². The number of carbonyl (C=O) groups is 3. The van der Waals surface area contributed by atoms with Crippen LogP contribution in [0, 0.1) is 0 Å². The molecule has 114 valence electrons. The van der Waals surface area contributed by atoms with Crippen molar-refractivity contribution < 1.29 is 14.4 Å². The van der Waals surface area contributed by atoms with Gasteiger partial charge in [0.15, 0.2) is 17.7 Å². The summed E-state index contributed by atoms with van der Waals surface area (Å²) in [5.41, 5.74) is 0. The first-order chi connectivity index (χ1) is 9.35. The van der Waals surface area contributed by atoms with Crippen molar-refractivity contribution in [3.05, 3.63) is 0 Å². The molecule has 0 fully saturated rings. The van der Waals surface area contributed by atoms with Crippen LogP contribution in [0.4, 0.5) is 0 Å². The molecule has 0 aromatic heterocycles. The molecule has 20 heavy (non-hydrogen) atoms. The third-order valence-electron chi connectivity index (χ3n) is 2.73. The maximum atomic E-state index is 11.7. The second-order valence-electron chi connectivity index (χ2n) is 4.75. The van der Waals surface area contributed by atoms with Gasteiger partial charge in [-0.25, -0.2) is 0 Å². The van der Waals surface area contributed by atoms with E-state index in [2.05, 4.69) is 24.7 Å². The fourth-order valence-corrected chi connectivity index (χ4v) is 3.07. The Morgan fingerprint density at radius 3 is 2.00 bits per heavy atom. The van der Waals surface area contributed by atoms with Crippen molar-refractivity contribution in [2.24, 2.45) is 0 Å². The summed E-state index contributed by atoms with van der Waals surface area (Å²) >= 11 is -2.29. The SMILES string of the molecule is CCN(C)CCCCC(=O)[NH][Al]([NH]C(C)=O)[NH]C(C)=O. The van der Waals surface area contributed by atoms with Crippen molar-refractivity contribution in [2.45, 2.75) is 40.0 Å². The average molecular weight is 300 g/mol. The average Bonchev–Trinajstić information content (AvgIpc) is 2.32. The van der Waals surface area contributed by atoms with E-state index in [9.17, 15) is 14.4 Å². The Kier molecular flexibility index (Phi) is 10.1. The van der Waals surface area contributed by atoms with Crippen molar-refractivity contribution in [3.8, 4) is 0 Å². The largest absolute Gasteiger partial charge is 0.740 e. The molecular weight excluding hydrogens is 275 g/mol. The second kappa shape index (κ2) is 10.7. The molecule has 8 heteroatoms. The van der Waals surface area contributed by atoms with Crippen LogP contribution in [-0.4, -0.2) is 57.6 Å². The standard InChI is InChI=1S/C8H18N2O.2C2H5NO.Al/c1-3-10(2)7-5-4-6-8(9)11;2*1-2(3)4;/h3-7H2,1-2H3,(H2,9,11);2*1H3,(H2,3,4);/q;;;+3/p-3. The van der Waals surface area contributed by atoms with Crippen LogP contribution in [-0.2, 0) is 14.4 Å². The van der Waals surface area contributed by atoms with E-state index in [0.29, 0.717) is 6.42 Å². The summed E-state index contributed by atoms with van der Waals surface area (Å²) in [7, 11) is 2.04. The number of hydrogen-bond acceptors (Lipinski definition) is 4. The van der Waals surface area contributed by atoms with Crippen molar-refractivity contribution in [2.75, 3.05) is 20.1 Å². The normalized spacial score (nSPS) is 10.1. The molecule has 3 amide bonds. The van der Waals surface area contributed by atoms with Gasteiger partial charge in [-0.15, -0.1) is 0 Å². The maximum Gasteiger partial charge on any atom is 0.740 e. The van der Waals surface area contributed by atoms with Gasteiger partial charge in [0.25, 0.3) is 0 Å². The van der Waals surface area contributed by atoms with Crippen LogP contribution in [0.25, 0.3) is 0 Å². The summed E-state index contributed by atoms with van der Waals surface area (Å²) < 4.78 is 7.88. The van der Waals surface area contributed by atoms with Crippen molar-refractivity contribution >= 4 is 32.5 Å². The minimum absolute atomic E-state index is 0.136. The summed E-state index contributed by atoms with van der Waals surface area (Å²) in [6.07, 6.45) is 2.14. The molecule has 0 aromatic carbocycles. The molecular formula is C12H25AlN4O3. The zero-order chi connectivity index (χ0) is 15.5. The molecule has 0 unspecified atom stereocenters. The van der Waals surface area contributed by atoms with E-state index in [1.807, 2.05) is 7.05 Å². The van der Waals surface area contributed by atoms with Crippen molar-refractivity contribution in [1.82, 2.24) is 17.8 Å². The minimum Gasteiger partial charge on any atom is -0.410 e. The van der Waals surface area contributed by atoms with Gasteiger partial charge in [0, 0.05) is 20.3 Å². The van der Waals surface area contributed by atoms with Crippen LogP contribution in [0.5, 0.6) is 0 Å². The second-order valence-corrected chi connectivity index (χ2v) is 6.49. The van der Waals surface area contributed by atoms with Crippen LogP contribution < -0.4 is 12.9 Å². The Bertz CT molecular complexity index is 323. The van der Waals surface area contributed by atoms with Crippen LogP contribution in [0.15, 0.2) is 0 Å². The molecule has 0 aliphatic heterocycles. The van der Waals surface area contributed by atoms with E-state index < -0.39 is 14.8 Å². The number of amides is 3. The fourth-order valence-electron chi connectivity index (χ4n) is 1.57. The molecule has 0 saturated carbocycles. The van der Waals surface area contributed by atoms with Gasteiger partial charge in [0.05, 0.1) is 0 Å². The molecule has 0 radical (unpaired) electrons. The molecule has 3 N–H and O–H groups in total. The third-order valence-corrected chi connectivity index (χ3v) is 4.74. The Hall–Kier alpha value is -1.10. The molecule has 0 atom stereocenters. The number of carbonyl (C=O) groups excluding carboxylic acids is 3. The summed E-state index contributed by atoms with van der Waals surface area (Å²) in [6, 6.07) is 0. The number of nitrogens with one attached hydrogen (secondary N) is 3. The van der Waals surface area contributed by atoms with E-state index in [4.69, 9.17) is 0 Å². The van der Waals surface area contributed by atoms with E-state index in [-0.39, 0.29) is 17.7 Å². The number of hydrogen-bond donors (Lipinski definition) is 3. The first kappa shape index (κ1) is 18.9. The van der Waals surface area contributed by atoms with Gasteiger partial charge in [-0.2, -0.15) is 0 Å². The monoisotopic (exact) mass is 300 g/mol. The van der Waals surface area contributed by atoms with Gasteiger partial charge in [-0.1, -0.05) is 6.92 Å². The minimum atomic E-state index is -2.29. The quantitative estimate of drug-likeness (QED) is 0.395. The smallest absolute Gasteiger partial charge is 0.410 e. The highest BCUT2D eigenvalue weighted by Crippen LogP contribution is 1.97. The van der Waals surface area contributed by atoms with E-state index in [1.165, 1.54) is 13.8 Å². The Balaban J connectivity index is 3.99. The lowest BCUT2D eigenvalue weighted by atomic mass is 10.2. The van der Waals surface area contributed by atoms with Gasteiger partial charge in [0.2, 0.25) is 0 Å². The zero-order valence-electron chi connectivity index (χ0n) is 12.8. The van der Waals surface area contributed by atoms with E-state index >= 15 is 0 Å². The highest BCUT2D eigenvalue weighted by Gasteiger charge is 2.28. The summed E-state index contributed by atoms with van der Waals surface area (Å²) in [5.74, 6) is -0.663. The lowest BCUT2D eigenvalue weighted by Gasteiger charge is -2.14. The Labute approximate surface area is 125 Å². The summed E-state index contributed by atoms with van der Waals surface area (Å²) in [6.45, 7) is 6.75. The molecule has 0 spiro atoms. The Morgan fingerprint density at radius 1 is 1.00 bits per heavy atom. The lowest BCUT2D eigenvalue weighted by Crippen LogP contribution is -2.62. The van der Waals surface area contributed by atoms with Crippen LogP contribution in [0.3, 0.4) is 0 Å². The summed E-state index contributed by atoms with van der Waals surface area (Å²) in [4.78, 5) is 35.9. The van der Waals surface area contributed by atoms with Crippen LogP contribution in [0.2, 0.25) is 0 Å². The first-order valence-electron chi connectivity index (χ1n) is 6.87. The fraction of sp³-hybridized carbons (Fsp3) is 0.750. The van der Waals surface area contributed by atoms with Crippen molar-refractivity contribution in [1.29, 1.82) is 0 Å². The highest BCUT2D eigenvalue weighted by molar-refractivity contribution is 6.59. The molecule has 0 aromatic rings. The van der Waals surface area contributed by atoms with E-state index in [1.54, 1.807) is 0 Å². The molecule has 0 aliphatic rings. The zero-order valence-corrected chi connectivity index (χ0v) is 13.9. The molecule has 0 aliphatic carbocycles. The van der Waals surface area contributed by atoms with Crippen molar-refractivity contribution in [3.63, 3.8) is 0 Å². The van der Waals surface area contributed by atoms with Gasteiger partial charge < -0.3 is 17.8 Å². The van der Waals surface area contributed by atoms with Gasteiger partial charge in [0.1, 0.15) is 0 Å². The topological polar surface area (TPSA) is 90.5 Å². The molecule has 0 rings (SSSR count). The van der Waals surface area contributed by atoms with Crippen LogP contribution >= 0.6 is 0 Å². The molecule has 0 saturated heterocycles. The summed E-state index contributed by atoms with van der Waals surface area (Å²) in [5, 5.41) is 0. The maximum absolute atomic E-state index is 11.7. The molecule has 0 heterocycles. The van der Waals surface area contributed by atoms with Gasteiger partial charge in [-0.05, 0) is 33.0 Å². The van der Waals surface area contributed by atoms with Gasteiger partial charge in [-0.3, -0.25) is 14.4 Å². The predicted molar refractivity (Wildman–Crippen MR) is 78.6 cm³/mol. The van der Waals surface area contributed by atoms with Gasteiger partial charge >= 0.3 is 14.8 Å². The number of nitrogens with zero attached hydrogens (tertiary/aromatic N) is 1. The highest BCUT2D eigenvalue weighted by atomic mass is 27.2. The number of unbranched alkanes of at least 4 members (excludes halogenated alkanes) is 1.